The molecule has 2 aliphatic rings. The predicted octanol–water partition coefficient (Wildman–Crippen LogP) is 4.67. The number of hydrogen-bond acceptors (Lipinski definition) is 7. The molecule has 0 aromatic heterocycles. The molecule has 1 aromatic carbocycles. The number of alkyl halides is 6. The van der Waals surface area contributed by atoms with Crippen LogP contribution in [0.3, 0.4) is 0 Å². The third kappa shape index (κ3) is 8.79. The Morgan fingerprint density at radius 2 is 1.69 bits per heavy atom. The molecule has 0 radical (unpaired) electrons. The molecule has 15 heteroatoms. The van der Waals surface area contributed by atoms with E-state index in [1.54, 1.807) is 0 Å². The van der Waals surface area contributed by atoms with Crippen LogP contribution in [0.2, 0.25) is 0 Å². The molecule has 3 N–H and O–H groups in total. The van der Waals surface area contributed by atoms with Crippen LogP contribution in [-0.2, 0) is 12.4 Å². The largest absolute Gasteiger partial charge is 0.420 e. The summed E-state index contributed by atoms with van der Waals surface area (Å²) in [5, 5.41) is 9.05. The Morgan fingerprint density at radius 1 is 1.05 bits per heavy atom. The van der Waals surface area contributed by atoms with Gasteiger partial charge in [-0.2, -0.15) is 26.3 Å². The highest BCUT2D eigenvalue weighted by atomic mass is 19.4. The van der Waals surface area contributed by atoms with Gasteiger partial charge in [-0.25, -0.2) is 9.18 Å². The summed E-state index contributed by atoms with van der Waals surface area (Å²) in [6.07, 6.45) is -7.65. The van der Waals surface area contributed by atoms with Gasteiger partial charge in [0.2, 0.25) is 0 Å². The number of piperazine rings is 1. The maximum atomic E-state index is 14.1. The fourth-order valence-electron chi connectivity index (χ4n) is 4.42. The summed E-state index contributed by atoms with van der Waals surface area (Å²) in [5.41, 5.74) is 1.35. The van der Waals surface area contributed by atoms with Gasteiger partial charge in [-0.3, -0.25) is 19.7 Å². The van der Waals surface area contributed by atoms with Crippen LogP contribution in [0, 0.1) is 0 Å². The number of benzene rings is 1. The molecule has 1 amide bonds. The summed E-state index contributed by atoms with van der Waals surface area (Å²) < 4.78 is 102. The first-order valence-electron chi connectivity index (χ1n) is 13.1. The Morgan fingerprint density at radius 3 is 2.21 bits per heavy atom. The number of nitrogens with two attached hydrogens (primary N) is 1. The molecule has 232 valence electrons. The van der Waals surface area contributed by atoms with Gasteiger partial charge in [0, 0.05) is 82.0 Å². The van der Waals surface area contributed by atoms with Gasteiger partial charge < -0.3 is 15.6 Å². The van der Waals surface area contributed by atoms with Crippen molar-refractivity contribution in [2.75, 3.05) is 59.5 Å². The molecule has 1 aliphatic heterocycles. The average molecular weight is 608 g/mol. The number of rotatable bonds is 9. The minimum absolute atomic E-state index is 0.0440. The van der Waals surface area contributed by atoms with Gasteiger partial charge in [0.1, 0.15) is 5.83 Å². The summed E-state index contributed by atoms with van der Waals surface area (Å²) in [6, 6.07) is 0.284. The lowest BCUT2D eigenvalue weighted by Crippen LogP contribution is -2.47. The number of halogens is 7. The van der Waals surface area contributed by atoms with Crippen molar-refractivity contribution in [3.05, 3.63) is 58.7 Å². The van der Waals surface area contributed by atoms with Gasteiger partial charge in [0.15, 0.2) is 5.75 Å². The summed E-state index contributed by atoms with van der Waals surface area (Å²) in [4.78, 5) is 22.0. The number of amides is 1. The quantitative estimate of drug-likeness (QED) is 0.313. The molecule has 1 saturated heterocycles. The Hall–Kier alpha value is -3.43. The van der Waals surface area contributed by atoms with Gasteiger partial charge in [-0.05, 0) is 30.7 Å². The third-order valence-electron chi connectivity index (χ3n) is 6.84. The van der Waals surface area contributed by atoms with E-state index >= 15 is 0 Å². The monoisotopic (exact) mass is 607 g/mol. The number of aliphatic hydroxyl groups excluding tert-OH is 1. The van der Waals surface area contributed by atoms with E-state index in [0.717, 1.165) is 36.5 Å². The lowest BCUT2D eigenvalue weighted by Gasteiger charge is -2.33. The highest BCUT2D eigenvalue weighted by Crippen LogP contribution is 2.44. The number of aliphatic imine (C=N–C) groups is 1. The van der Waals surface area contributed by atoms with Crippen molar-refractivity contribution in [1.82, 2.24) is 14.7 Å². The molecule has 0 unspecified atom stereocenters. The molecular formula is C27H32F7N5O3. The van der Waals surface area contributed by atoms with Crippen molar-refractivity contribution in [3.8, 4) is 5.75 Å². The van der Waals surface area contributed by atoms with E-state index in [1.807, 2.05) is 0 Å². The highest BCUT2D eigenvalue weighted by Gasteiger charge is 2.41. The van der Waals surface area contributed by atoms with Crippen molar-refractivity contribution in [3.63, 3.8) is 0 Å². The summed E-state index contributed by atoms with van der Waals surface area (Å²) >= 11 is 0. The zero-order valence-electron chi connectivity index (χ0n) is 22.8. The molecule has 0 saturated carbocycles. The third-order valence-corrected chi connectivity index (χ3v) is 6.84. The summed E-state index contributed by atoms with van der Waals surface area (Å²) in [7, 11) is 1.19. The molecule has 0 spiro atoms. The van der Waals surface area contributed by atoms with Crippen molar-refractivity contribution >= 4 is 17.9 Å². The van der Waals surface area contributed by atoms with E-state index < -0.39 is 46.7 Å². The lowest BCUT2D eigenvalue weighted by molar-refractivity contribution is -0.143. The molecule has 42 heavy (non-hydrogen) atoms. The molecule has 0 atom stereocenters. The maximum absolute atomic E-state index is 14.1. The Labute approximate surface area is 238 Å². The Kier molecular flexibility index (Phi) is 11.2. The first-order valence-corrected chi connectivity index (χ1v) is 13.1. The molecule has 1 fully saturated rings. The molecule has 1 aromatic rings. The van der Waals surface area contributed by atoms with E-state index in [-0.39, 0.29) is 43.3 Å². The minimum Gasteiger partial charge on any atom is -0.409 e. The number of allylic oxidation sites excluding steroid dienone is 5. The number of nitrogens with zero attached hydrogens (tertiary/aromatic N) is 4. The standard InChI is InChI=1S/C27H32F7N5O3/c1-37(21-4-2-20(28)3-5-21)25(41)42-24-22(14-19(26(29,30)31)15-23(24)27(32,33)34)18(16-35)17-36-6-7-38-8-10-39(11-9-38)12-13-40/h2,4,14-17,40H,3,5-13,35H2,1H3/b18-16+,36-17?. The molecule has 1 heterocycles. The number of carbonyl (C=O) groups is 1. The van der Waals surface area contributed by atoms with Crippen LogP contribution >= 0.6 is 0 Å². The van der Waals surface area contributed by atoms with Crippen LogP contribution in [0.1, 0.15) is 29.5 Å². The highest BCUT2D eigenvalue weighted by molar-refractivity contribution is 6.11. The van der Waals surface area contributed by atoms with Crippen LogP contribution in [0.15, 0.2) is 47.0 Å². The number of hydrogen-bond donors (Lipinski definition) is 2. The van der Waals surface area contributed by atoms with Crippen LogP contribution in [-0.4, -0.2) is 91.6 Å². The van der Waals surface area contributed by atoms with Gasteiger partial charge in [-0.15, -0.1) is 0 Å². The minimum atomic E-state index is -5.34. The molecular weight excluding hydrogens is 575 g/mol. The maximum Gasteiger partial charge on any atom is 0.420 e. The number of aliphatic hydroxyl groups is 1. The van der Waals surface area contributed by atoms with Crippen LogP contribution in [0.5, 0.6) is 5.75 Å². The van der Waals surface area contributed by atoms with Gasteiger partial charge in [-0.1, -0.05) is 0 Å². The average Bonchev–Trinajstić information content (AvgIpc) is 2.93. The Bertz CT molecular complexity index is 1230. The zero-order valence-corrected chi connectivity index (χ0v) is 22.8. The van der Waals surface area contributed by atoms with E-state index in [0.29, 0.717) is 32.2 Å². The molecule has 1 aliphatic carbocycles. The first-order chi connectivity index (χ1) is 19.7. The van der Waals surface area contributed by atoms with E-state index in [2.05, 4.69) is 14.8 Å². The lowest BCUT2D eigenvalue weighted by atomic mass is 9.98. The van der Waals surface area contributed by atoms with E-state index in [4.69, 9.17) is 15.6 Å². The molecule has 3 rings (SSSR count). The smallest absolute Gasteiger partial charge is 0.409 e. The van der Waals surface area contributed by atoms with Crippen LogP contribution in [0.4, 0.5) is 35.5 Å². The number of β-amino-alcohol motifs (C(OH)–C–C–N with tert-alkyl or cyclic N) is 1. The van der Waals surface area contributed by atoms with Crippen molar-refractivity contribution in [2.45, 2.75) is 25.2 Å². The molecule has 0 bridgehead atoms. The number of carbonyl (C=O) groups excluding carboxylic acids is 1. The molecule has 8 nitrogen and oxygen atoms in total. The van der Waals surface area contributed by atoms with E-state index in [1.165, 1.54) is 13.1 Å². The van der Waals surface area contributed by atoms with E-state index in [9.17, 15) is 35.5 Å². The second kappa shape index (κ2) is 14.2. The topological polar surface area (TPSA) is 94.6 Å². The zero-order chi connectivity index (χ0) is 31.1. The fourth-order valence-corrected chi connectivity index (χ4v) is 4.42. The van der Waals surface area contributed by atoms with Crippen molar-refractivity contribution in [2.24, 2.45) is 10.7 Å². The second-order valence-corrected chi connectivity index (χ2v) is 9.66. The summed E-state index contributed by atoms with van der Waals surface area (Å²) in [6.45, 7) is 4.10. The van der Waals surface area contributed by atoms with Crippen LogP contribution < -0.4 is 10.5 Å². The van der Waals surface area contributed by atoms with Crippen molar-refractivity contribution < 1.29 is 45.4 Å². The van der Waals surface area contributed by atoms with Gasteiger partial charge in [0.05, 0.1) is 24.3 Å². The van der Waals surface area contributed by atoms with Gasteiger partial charge in [0.25, 0.3) is 0 Å². The predicted molar refractivity (Wildman–Crippen MR) is 142 cm³/mol. The Balaban J connectivity index is 1.91. The van der Waals surface area contributed by atoms with Gasteiger partial charge >= 0.3 is 18.4 Å². The van der Waals surface area contributed by atoms with Crippen LogP contribution in [0.25, 0.3) is 5.57 Å². The fraction of sp³-hybridized carbons (Fsp3) is 0.481. The SMILES string of the molecule is CN(C(=O)Oc1c(/C(C=NCCN2CCN(CCO)CC2)=C/N)cc(C(F)(F)F)cc1C(F)(F)F)C1=CC=C(F)CC1. The summed E-state index contributed by atoms with van der Waals surface area (Å²) in [5.74, 6) is -1.63. The van der Waals surface area contributed by atoms with Crippen molar-refractivity contribution in [1.29, 1.82) is 0 Å². The number of ether oxygens (including phenoxy) is 1. The normalized spacial score (nSPS) is 17.8. The second-order valence-electron chi connectivity index (χ2n) is 9.66. The first kappa shape index (κ1) is 33.1.